The monoisotopic (exact) mass is 884 g/mol. The van der Waals surface area contributed by atoms with Crippen molar-refractivity contribution in [3.8, 4) is 33.9 Å². The molecule has 0 spiro atoms. The molecular formula is C65H48N4. The van der Waals surface area contributed by atoms with Crippen LogP contribution in [0.15, 0.2) is 224 Å². The van der Waals surface area contributed by atoms with Crippen LogP contribution < -0.4 is 0 Å². The lowest BCUT2D eigenvalue weighted by Crippen LogP contribution is -2.15. The second-order valence-corrected chi connectivity index (χ2v) is 19.4. The van der Waals surface area contributed by atoms with Crippen molar-refractivity contribution in [3.05, 3.63) is 230 Å². The van der Waals surface area contributed by atoms with Crippen molar-refractivity contribution in [3.63, 3.8) is 0 Å². The van der Waals surface area contributed by atoms with Gasteiger partial charge in [0.15, 0.2) is 0 Å². The minimum absolute atomic E-state index is 0.0521. The molecule has 0 radical (unpaired) electrons. The summed E-state index contributed by atoms with van der Waals surface area (Å²) in [6.07, 6.45) is 1.06. The molecule has 328 valence electrons. The molecule has 0 N–H and O–H groups in total. The van der Waals surface area contributed by atoms with E-state index in [4.69, 9.17) is 0 Å². The van der Waals surface area contributed by atoms with Gasteiger partial charge in [-0.15, -0.1) is 0 Å². The van der Waals surface area contributed by atoms with Gasteiger partial charge in [0, 0.05) is 65.8 Å². The molecule has 4 heteroatoms. The number of benzene rings is 10. The predicted molar refractivity (Wildman–Crippen MR) is 293 cm³/mol. The first kappa shape index (κ1) is 39.6. The second kappa shape index (κ2) is 15.0. The van der Waals surface area contributed by atoms with Crippen LogP contribution in [0.2, 0.25) is 0 Å². The fourth-order valence-corrected chi connectivity index (χ4v) is 11.5. The summed E-state index contributed by atoms with van der Waals surface area (Å²) in [6, 6.07) is 83.6. The van der Waals surface area contributed by atoms with Crippen molar-refractivity contribution in [2.45, 2.75) is 32.6 Å². The molecule has 4 heterocycles. The molecule has 4 aromatic heterocycles. The lowest BCUT2D eigenvalue weighted by Gasteiger charge is -2.23. The summed E-state index contributed by atoms with van der Waals surface area (Å²) >= 11 is 0. The van der Waals surface area contributed by atoms with E-state index in [0.717, 1.165) is 40.3 Å². The lowest BCUT2D eigenvalue weighted by molar-refractivity contribution is 0.507. The van der Waals surface area contributed by atoms with Crippen LogP contribution in [-0.2, 0) is 5.41 Å². The van der Waals surface area contributed by atoms with Gasteiger partial charge in [-0.25, -0.2) is 0 Å². The molecule has 0 saturated carbocycles. The molecule has 0 aliphatic rings. The van der Waals surface area contributed by atoms with Gasteiger partial charge in [0.2, 0.25) is 0 Å². The van der Waals surface area contributed by atoms with Gasteiger partial charge < -0.3 is 18.3 Å². The number of hydrogen-bond acceptors (Lipinski definition) is 0. The van der Waals surface area contributed by atoms with Crippen LogP contribution in [0.1, 0.15) is 32.8 Å². The SMILES string of the molecule is CCC(C)(C)c1ccc2c(c1)c1ccccc1n2-c1cc(-c2cc(-n3c4ccccc4c4ccccc43)cc(-n3c4ccccc4c4ccccc43)c2)cc(-n2c3ccccc3c3ccccc32)c1. The van der Waals surface area contributed by atoms with Crippen molar-refractivity contribution in [2.24, 2.45) is 0 Å². The predicted octanol–water partition coefficient (Wildman–Crippen LogP) is 17.4. The van der Waals surface area contributed by atoms with Crippen LogP contribution in [0.3, 0.4) is 0 Å². The van der Waals surface area contributed by atoms with Gasteiger partial charge in [-0.3, -0.25) is 0 Å². The third kappa shape index (κ3) is 5.88. The van der Waals surface area contributed by atoms with Gasteiger partial charge in [0.05, 0.1) is 44.1 Å². The van der Waals surface area contributed by atoms with Crippen LogP contribution >= 0.6 is 0 Å². The van der Waals surface area contributed by atoms with Gasteiger partial charge in [-0.2, -0.15) is 0 Å². The van der Waals surface area contributed by atoms with Crippen molar-refractivity contribution in [1.82, 2.24) is 18.3 Å². The molecule has 4 nitrogen and oxygen atoms in total. The molecule has 0 aliphatic carbocycles. The van der Waals surface area contributed by atoms with Crippen molar-refractivity contribution in [2.75, 3.05) is 0 Å². The van der Waals surface area contributed by atoms with Crippen molar-refractivity contribution < 1.29 is 0 Å². The highest BCUT2D eigenvalue weighted by Gasteiger charge is 2.23. The van der Waals surface area contributed by atoms with Crippen molar-refractivity contribution >= 4 is 87.2 Å². The van der Waals surface area contributed by atoms with E-state index in [1.165, 1.54) is 92.8 Å². The number of nitrogens with zero attached hydrogens (tertiary/aromatic N) is 4. The maximum atomic E-state index is 2.50. The molecule has 0 aliphatic heterocycles. The third-order valence-electron chi connectivity index (χ3n) is 15.2. The number of hydrogen-bond donors (Lipinski definition) is 0. The average molecular weight is 885 g/mol. The second-order valence-electron chi connectivity index (χ2n) is 19.4. The minimum atomic E-state index is 0.0521. The Balaban J connectivity index is 1.12. The Morgan fingerprint density at radius 2 is 0.522 bits per heavy atom. The number of para-hydroxylation sites is 7. The number of rotatable bonds is 7. The molecule has 0 bridgehead atoms. The quantitative estimate of drug-likeness (QED) is 0.152. The maximum Gasteiger partial charge on any atom is 0.0541 e. The molecule has 0 fully saturated rings. The van der Waals surface area contributed by atoms with E-state index in [1.54, 1.807) is 0 Å². The van der Waals surface area contributed by atoms with Crippen molar-refractivity contribution in [1.29, 1.82) is 0 Å². The highest BCUT2D eigenvalue weighted by molar-refractivity contribution is 6.13. The van der Waals surface area contributed by atoms with Crippen LogP contribution in [0.5, 0.6) is 0 Å². The van der Waals surface area contributed by atoms with Gasteiger partial charge in [0.1, 0.15) is 0 Å². The Kier molecular flexibility index (Phi) is 8.57. The Morgan fingerprint density at radius 1 is 0.275 bits per heavy atom. The van der Waals surface area contributed by atoms with Crippen LogP contribution in [0.25, 0.3) is 121 Å². The molecular weight excluding hydrogens is 837 g/mol. The van der Waals surface area contributed by atoms with E-state index in [2.05, 4.69) is 263 Å². The standard InChI is InChI=1S/C65H48N4/c1-4-65(2,3)44-33-34-64-56(39-44)55-25-11-18-32-63(55)69(64)48-38-43(37-47(41-48)68-61-30-16-9-23-53(61)54-24-10-17-31-62(54)68)42-35-45(66-57-26-12-5-19-49(57)50-20-6-13-27-58(50)66)40-46(36-42)67-59-28-14-7-21-51(59)52-22-8-15-29-60(52)67/h5-41H,4H2,1-3H3. The highest BCUT2D eigenvalue weighted by atomic mass is 15.0. The molecule has 0 atom stereocenters. The Bertz CT molecular complexity index is 4100. The zero-order valence-corrected chi connectivity index (χ0v) is 38.9. The van der Waals surface area contributed by atoms with E-state index in [-0.39, 0.29) is 5.41 Å². The van der Waals surface area contributed by atoms with E-state index in [1.807, 2.05) is 0 Å². The van der Waals surface area contributed by atoms with Gasteiger partial charge in [-0.05, 0) is 120 Å². The summed E-state index contributed by atoms with van der Waals surface area (Å²) in [6.45, 7) is 7.00. The topological polar surface area (TPSA) is 19.7 Å². The molecule has 10 aromatic carbocycles. The smallest absolute Gasteiger partial charge is 0.0541 e. The highest BCUT2D eigenvalue weighted by Crippen LogP contribution is 2.42. The molecule has 0 unspecified atom stereocenters. The molecule has 14 aromatic rings. The fourth-order valence-electron chi connectivity index (χ4n) is 11.5. The Labute approximate surface area is 400 Å². The summed E-state index contributed by atoms with van der Waals surface area (Å²) in [5.74, 6) is 0. The van der Waals surface area contributed by atoms with E-state index in [9.17, 15) is 0 Å². The average Bonchev–Trinajstić information content (AvgIpc) is 4.13. The lowest BCUT2D eigenvalue weighted by atomic mass is 9.82. The first-order valence-electron chi connectivity index (χ1n) is 24.2. The van der Waals surface area contributed by atoms with Gasteiger partial charge in [0.25, 0.3) is 0 Å². The zero-order valence-electron chi connectivity index (χ0n) is 38.9. The molecule has 0 amide bonds. The molecule has 0 saturated heterocycles. The zero-order chi connectivity index (χ0) is 46.0. The summed E-state index contributed by atoms with van der Waals surface area (Å²) in [5.41, 5.74) is 17.6. The summed E-state index contributed by atoms with van der Waals surface area (Å²) in [5, 5.41) is 9.97. The first-order chi connectivity index (χ1) is 33.9. The normalized spacial score (nSPS) is 12.3. The fraction of sp³-hybridized carbons (Fsp3) is 0.0769. The summed E-state index contributed by atoms with van der Waals surface area (Å²) in [4.78, 5) is 0. The van der Waals surface area contributed by atoms with Gasteiger partial charge >= 0.3 is 0 Å². The first-order valence-corrected chi connectivity index (χ1v) is 24.2. The summed E-state index contributed by atoms with van der Waals surface area (Å²) < 4.78 is 9.90. The Morgan fingerprint density at radius 3 is 0.797 bits per heavy atom. The minimum Gasteiger partial charge on any atom is -0.309 e. The Hall–Kier alpha value is -8.60. The third-order valence-corrected chi connectivity index (χ3v) is 15.2. The van der Waals surface area contributed by atoms with Crippen LogP contribution in [0, 0.1) is 0 Å². The van der Waals surface area contributed by atoms with Crippen LogP contribution in [0.4, 0.5) is 0 Å². The van der Waals surface area contributed by atoms with E-state index >= 15 is 0 Å². The van der Waals surface area contributed by atoms with E-state index in [0.29, 0.717) is 0 Å². The molecule has 14 rings (SSSR count). The van der Waals surface area contributed by atoms with E-state index < -0.39 is 0 Å². The van der Waals surface area contributed by atoms with Crippen LogP contribution in [-0.4, -0.2) is 18.3 Å². The maximum absolute atomic E-state index is 2.50. The molecule has 69 heavy (non-hydrogen) atoms. The van der Waals surface area contributed by atoms with Gasteiger partial charge in [-0.1, -0.05) is 154 Å². The summed E-state index contributed by atoms with van der Waals surface area (Å²) in [7, 11) is 0. The largest absolute Gasteiger partial charge is 0.309 e. The number of fused-ring (bicyclic) bond motifs is 12. The number of aromatic nitrogens is 4.